The number of anilines is 1. The molecule has 7 nitrogen and oxygen atoms in total. The summed E-state index contributed by atoms with van der Waals surface area (Å²) in [5.41, 5.74) is 1.88. The highest BCUT2D eigenvalue weighted by Gasteiger charge is 2.09. The lowest BCUT2D eigenvalue weighted by atomic mass is 10.1. The number of rotatable bonds is 6. The number of nitro benzene ring substituents is 1. The molecular weight excluding hydrogens is 310 g/mol. The topological polar surface area (TPSA) is 101 Å². The molecule has 2 N–H and O–H groups in total. The third-order valence-electron chi connectivity index (χ3n) is 3.47. The number of non-ortho nitro benzene ring substituents is 1. The number of hydrogen-bond donors (Lipinski definition) is 2. The summed E-state index contributed by atoms with van der Waals surface area (Å²) < 4.78 is 0. The Bertz CT molecular complexity index is 739. The molecule has 2 aromatic carbocycles. The van der Waals surface area contributed by atoms with Crippen LogP contribution in [0.4, 0.5) is 11.4 Å². The summed E-state index contributed by atoms with van der Waals surface area (Å²) in [7, 11) is 1.60. The maximum atomic E-state index is 12.1. The average molecular weight is 327 g/mol. The highest BCUT2D eigenvalue weighted by atomic mass is 16.6. The number of nitrogens with zero attached hydrogens (tertiary/aromatic N) is 1. The molecule has 2 aromatic rings. The first-order valence-corrected chi connectivity index (χ1v) is 7.35. The summed E-state index contributed by atoms with van der Waals surface area (Å²) in [6.45, 7) is 0. The van der Waals surface area contributed by atoms with Gasteiger partial charge in [-0.2, -0.15) is 0 Å². The van der Waals surface area contributed by atoms with Crippen molar-refractivity contribution in [3.8, 4) is 0 Å². The Morgan fingerprint density at radius 1 is 1.04 bits per heavy atom. The van der Waals surface area contributed by atoms with Crippen LogP contribution in [0, 0.1) is 10.1 Å². The van der Waals surface area contributed by atoms with E-state index in [0.29, 0.717) is 24.1 Å². The van der Waals surface area contributed by atoms with E-state index in [1.807, 2.05) is 12.1 Å². The molecule has 7 heteroatoms. The molecule has 124 valence electrons. The zero-order valence-electron chi connectivity index (χ0n) is 13.1. The molecule has 0 saturated heterocycles. The second-order valence-electron chi connectivity index (χ2n) is 5.13. The summed E-state index contributed by atoms with van der Waals surface area (Å²) in [5, 5.41) is 15.9. The van der Waals surface area contributed by atoms with E-state index >= 15 is 0 Å². The first kappa shape index (κ1) is 17.1. The minimum atomic E-state index is -0.515. The van der Waals surface area contributed by atoms with Crippen LogP contribution < -0.4 is 10.6 Å². The van der Waals surface area contributed by atoms with Gasteiger partial charge in [0.15, 0.2) is 0 Å². The maximum Gasteiger partial charge on any atom is 0.269 e. The second kappa shape index (κ2) is 7.87. The number of amides is 2. The number of benzene rings is 2. The molecule has 2 amide bonds. The maximum absolute atomic E-state index is 12.1. The molecule has 0 atom stereocenters. The van der Waals surface area contributed by atoms with E-state index in [2.05, 4.69) is 10.6 Å². The van der Waals surface area contributed by atoms with E-state index in [-0.39, 0.29) is 17.5 Å². The number of carbonyl (C=O) groups is 2. The predicted octanol–water partition coefficient (Wildman–Crippen LogP) is 2.53. The molecule has 0 bridgehead atoms. The molecule has 0 aromatic heterocycles. The summed E-state index contributed by atoms with van der Waals surface area (Å²) in [5.74, 6) is -0.367. The fraction of sp³-hybridized carbons (Fsp3) is 0.176. The van der Waals surface area contributed by atoms with Gasteiger partial charge in [-0.25, -0.2) is 0 Å². The number of aryl methyl sites for hydroxylation is 1. The van der Waals surface area contributed by atoms with Crippen molar-refractivity contribution in [1.82, 2.24) is 5.32 Å². The van der Waals surface area contributed by atoms with Crippen molar-refractivity contribution in [2.45, 2.75) is 12.8 Å². The Balaban J connectivity index is 1.96. The third kappa shape index (κ3) is 4.64. The minimum Gasteiger partial charge on any atom is -0.359 e. The normalized spacial score (nSPS) is 10.0. The number of nitrogens with one attached hydrogen (secondary N) is 2. The Morgan fingerprint density at radius 2 is 1.67 bits per heavy atom. The van der Waals surface area contributed by atoms with Crippen molar-refractivity contribution in [1.29, 1.82) is 0 Å². The van der Waals surface area contributed by atoms with Crippen LogP contribution in [0.1, 0.15) is 22.3 Å². The van der Waals surface area contributed by atoms with Gasteiger partial charge in [0.25, 0.3) is 11.6 Å². The number of hydrogen-bond acceptors (Lipinski definition) is 4. The van der Waals surface area contributed by atoms with Gasteiger partial charge in [0, 0.05) is 36.9 Å². The monoisotopic (exact) mass is 327 g/mol. The molecular formula is C17H17N3O4. The quantitative estimate of drug-likeness (QED) is 0.628. The molecule has 0 aliphatic carbocycles. The van der Waals surface area contributed by atoms with Gasteiger partial charge >= 0.3 is 0 Å². The van der Waals surface area contributed by atoms with Crippen LogP contribution in [0.5, 0.6) is 0 Å². The molecule has 24 heavy (non-hydrogen) atoms. The van der Waals surface area contributed by atoms with Crippen LogP contribution in [-0.4, -0.2) is 23.8 Å². The molecule has 0 aliphatic rings. The average Bonchev–Trinajstić information content (AvgIpc) is 2.60. The van der Waals surface area contributed by atoms with Gasteiger partial charge in [-0.15, -0.1) is 0 Å². The molecule has 0 fully saturated rings. The summed E-state index contributed by atoms with van der Waals surface area (Å²) >= 11 is 0. The summed E-state index contributed by atoms with van der Waals surface area (Å²) in [6.07, 6.45) is 1.03. The Morgan fingerprint density at radius 3 is 2.21 bits per heavy atom. The van der Waals surface area contributed by atoms with Gasteiger partial charge in [-0.1, -0.05) is 12.1 Å². The fourth-order valence-electron chi connectivity index (χ4n) is 2.08. The SMILES string of the molecule is CNC(=O)CCc1ccc(NC(=O)c2ccc([N+](=O)[O-])cc2)cc1. The van der Waals surface area contributed by atoms with Crippen LogP contribution in [0.2, 0.25) is 0 Å². The molecule has 2 rings (SSSR count). The Kier molecular flexibility index (Phi) is 5.62. The third-order valence-corrected chi connectivity index (χ3v) is 3.47. The van der Waals surface area contributed by atoms with Crippen molar-refractivity contribution in [3.05, 3.63) is 69.8 Å². The lowest BCUT2D eigenvalue weighted by molar-refractivity contribution is -0.384. The van der Waals surface area contributed by atoms with E-state index in [4.69, 9.17) is 0 Å². The van der Waals surface area contributed by atoms with Crippen molar-refractivity contribution in [3.63, 3.8) is 0 Å². The highest BCUT2D eigenvalue weighted by molar-refractivity contribution is 6.04. The number of carbonyl (C=O) groups excluding carboxylic acids is 2. The molecule has 0 unspecified atom stereocenters. The molecule has 0 saturated carbocycles. The first-order chi connectivity index (χ1) is 11.5. The van der Waals surface area contributed by atoms with Gasteiger partial charge in [0.1, 0.15) is 0 Å². The van der Waals surface area contributed by atoms with Crippen LogP contribution in [0.25, 0.3) is 0 Å². The summed E-state index contributed by atoms with van der Waals surface area (Å²) in [6, 6.07) is 12.6. The van der Waals surface area contributed by atoms with Crippen LogP contribution in [-0.2, 0) is 11.2 Å². The van der Waals surface area contributed by atoms with E-state index in [9.17, 15) is 19.7 Å². The highest BCUT2D eigenvalue weighted by Crippen LogP contribution is 2.15. The van der Waals surface area contributed by atoms with Gasteiger partial charge in [0.05, 0.1) is 4.92 Å². The van der Waals surface area contributed by atoms with Crippen LogP contribution in [0.3, 0.4) is 0 Å². The molecule has 0 aliphatic heterocycles. The predicted molar refractivity (Wildman–Crippen MR) is 89.9 cm³/mol. The van der Waals surface area contributed by atoms with Gasteiger partial charge in [-0.05, 0) is 36.2 Å². The largest absolute Gasteiger partial charge is 0.359 e. The number of nitro groups is 1. The summed E-state index contributed by atoms with van der Waals surface area (Å²) in [4.78, 5) is 33.4. The smallest absolute Gasteiger partial charge is 0.269 e. The van der Waals surface area contributed by atoms with Crippen molar-refractivity contribution in [2.24, 2.45) is 0 Å². The minimum absolute atomic E-state index is 0.0226. The van der Waals surface area contributed by atoms with Crippen molar-refractivity contribution in [2.75, 3.05) is 12.4 Å². The lowest BCUT2D eigenvalue weighted by Crippen LogP contribution is -2.17. The zero-order chi connectivity index (χ0) is 17.5. The van der Waals surface area contributed by atoms with Gasteiger partial charge in [-0.3, -0.25) is 19.7 Å². The zero-order valence-corrected chi connectivity index (χ0v) is 13.1. The molecule has 0 heterocycles. The Hall–Kier alpha value is -3.22. The molecule has 0 radical (unpaired) electrons. The van der Waals surface area contributed by atoms with E-state index in [1.165, 1.54) is 24.3 Å². The van der Waals surface area contributed by atoms with Crippen molar-refractivity contribution >= 4 is 23.2 Å². The van der Waals surface area contributed by atoms with E-state index < -0.39 is 4.92 Å². The second-order valence-corrected chi connectivity index (χ2v) is 5.13. The lowest BCUT2D eigenvalue weighted by Gasteiger charge is -2.07. The van der Waals surface area contributed by atoms with Crippen LogP contribution >= 0.6 is 0 Å². The van der Waals surface area contributed by atoms with E-state index in [0.717, 1.165) is 5.56 Å². The van der Waals surface area contributed by atoms with E-state index in [1.54, 1.807) is 19.2 Å². The Labute approximate surface area is 138 Å². The van der Waals surface area contributed by atoms with Crippen LogP contribution in [0.15, 0.2) is 48.5 Å². The fourth-order valence-corrected chi connectivity index (χ4v) is 2.08. The standard InChI is InChI=1S/C17H17N3O4/c1-18-16(21)11-4-12-2-7-14(8-3-12)19-17(22)13-5-9-15(10-6-13)20(23)24/h2-3,5-10H,4,11H2,1H3,(H,18,21)(H,19,22). The molecule has 0 spiro atoms. The van der Waals surface area contributed by atoms with Gasteiger partial charge in [0.2, 0.25) is 5.91 Å². The van der Waals surface area contributed by atoms with Gasteiger partial charge < -0.3 is 10.6 Å². The van der Waals surface area contributed by atoms with Crippen molar-refractivity contribution < 1.29 is 14.5 Å². The first-order valence-electron chi connectivity index (χ1n) is 7.35.